The van der Waals surface area contributed by atoms with Crippen LogP contribution < -0.4 is 5.32 Å². The number of allylic oxidation sites excluding steroid dienone is 1. The third kappa shape index (κ3) is 6.19. The van der Waals surface area contributed by atoms with Gasteiger partial charge in [0.05, 0.1) is 0 Å². The third-order valence-corrected chi connectivity index (χ3v) is 7.84. The smallest absolute Gasteiger partial charge is 0.249 e. The van der Waals surface area contributed by atoms with E-state index < -0.39 is 5.54 Å². The van der Waals surface area contributed by atoms with Gasteiger partial charge < -0.3 is 15.1 Å². The van der Waals surface area contributed by atoms with E-state index in [0.29, 0.717) is 54.8 Å². The largest absolute Gasteiger partial charge is 0.372 e. The van der Waals surface area contributed by atoms with E-state index in [9.17, 15) is 9.59 Å². The predicted molar refractivity (Wildman–Crippen MR) is 156 cm³/mol. The van der Waals surface area contributed by atoms with Crippen LogP contribution in [0.1, 0.15) is 45.2 Å². The molecule has 0 aliphatic carbocycles. The summed E-state index contributed by atoms with van der Waals surface area (Å²) in [5.74, 6) is -0.000529. The summed E-state index contributed by atoms with van der Waals surface area (Å²) in [4.78, 5) is 33.7. The van der Waals surface area contributed by atoms with Crippen LogP contribution in [0.15, 0.2) is 54.7 Å². The maximum absolute atomic E-state index is 14.0. The fourth-order valence-electron chi connectivity index (χ4n) is 5.58. The SMILES string of the molecule is C=C(C)N1CCN(C(=O)CCN(CC(C)(C)C)C2(Cc3cccc(Cl)c3)C(=O)Nc3cc(Cl)ccc32)CC1. The van der Waals surface area contributed by atoms with Gasteiger partial charge in [-0.05, 0) is 42.2 Å². The Morgan fingerprint density at radius 2 is 1.71 bits per heavy atom. The first kappa shape index (κ1) is 28.5. The molecule has 2 aliphatic heterocycles. The highest BCUT2D eigenvalue weighted by molar-refractivity contribution is 6.31. The Balaban J connectivity index is 1.67. The number of fused-ring (bicyclic) bond motifs is 1. The molecule has 1 atom stereocenters. The molecular weight excluding hydrogens is 519 g/mol. The van der Waals surface area contributed by atoms with Crippen LogP contribution in [-0.4, -0.2) is 65.8 Å². The van der Waals surface area contributed by atoms with Crippen LogP contribution in [0, 0.1) is 5.41 Å². The van der Waals surface area contributed by atoms with Gasteiger partial charge in [0, 0.05) is 79.1 Å². The minimum Gasteiger partial charge on any atom is -0.372 e. The van der Waals surface area contributed by atoms with Crippen LogP contribution in [0.5, 0.6) is 0 Å². The van der Waals surface area contributed by atoms with Crippen molar-refractivity contribution >= 4 is 40.7 Å². The average Bonchev–Trinajstić information content (AvgIpc) is 3.11. The number of benzene rings is 2. The van der Waals surface area contributed by atoms with Gasteiger partial charge in [-0.1, -0.05) is 68.8 Å². The average molecular weight is 558 g/mol. The van der Waals surface area contributed by atoms with E-state index in [1.807, 2.05) is 48.2 Å². The summed E-state index contributed by atoms with van der Waals surface area (Å²) in [6.07, 6.45) is 0.756. The number of hydrogen-bond donors (Lipinski definition) is 1. The van der Waals surface area contributed by atoms with Gasteiger partial charge in [0.25, 0.3) is 0 Å². The van der Waals surface area contributed by atoms with E-state index in [1.54, 1.807) is 6.07 Å². The normalized spacial score (nSPS) is 19.5. The molecule has 38 heavy (non-hydrogen) atoms. The topological polar surface area (TPSA) is 55.9 Å². The van der Waals surface area contributed by atoms with Gasteiger partial charge in [-0.15, -0.1) is 0 Å². The number of amides is 2. The van der Waals surface area contributed by atoms with Crippen molar-refractivity contribution in [3.63, 3.8) is 0 Å². The molecule has 0 saturated carbocycles. The lowest BCUT2D eigenvalue weighted by atomic mass is 9.81. The fraction of sp³-hybridized carbons (Fsp3) is 0.467. The molecular formula is C30H38Cl2N4O2. The van der Waals surface area contributed by atoms with E-state index in [4.69, 9.17) is 23.2 Å². The van der Waals surface area contributed by atoms with Gasteiger partial charge in [-0.25, -0.2) is 0 Å². The molecule has 0 bridgehead atoms. The zero-order chi connectivity index (χ0) is 27.7. The molecule has 0 radical (unpaired) electrons. The second-order valence-electron chi connectivity index (χ2n) is 11.6. The van der Waals surface area contributed by atoms with E-state index in [0.717, 1.165) is 29.9 Å². The van der Waals surface area contributed by atoms with Crippen molar-refractivity contribution in [2.75, 3.05) is 44.6 Å². The quantitative estimate of drug-likeness (QED) is 0.446. The summed E-state index contributed by atoms with van der Waals surface area (Å²) in [5.41, 5.74) is 2.45. The number of rotatable bonds is 8. The van der Waals surface area contributed by atoms with Crippen molar-refractivity contribution in [1.82, 2.24) is 14.7 Å². The molecule has 0 spiro atoms. The molecule has 2 amide bonds. The summed E-state index contributed by atoms with van der Waals surface area (Å²) in [6, 6.07) is 13.2. The molecule has 2 aliphatic rings. The Hall–Kier alpha value is -2.54. The summed E-state index contributed by atoms with van der Waals surface area (Å²) < 4.78 is 0. The zero-order valence-electron chi connectivity index (χ0n) is 22.8. The number of piperazine rings is 1. The minimum absolute atomic E-state index is 0.109. The van der Waals surface area contributed by atoms with E-state index in [-0.39, 0.29) is 17.2 Å². The maximum atomic E-state index is 14.0. The molecule has 204 valence electrons. The van der Waals surface area contributed by atoms with Crippen molar-refractivity contribution in [3.05, 3.63) is 75.9 Å². The van der Waals surface area contributed by atoms with Crippen LogP contribution in [0.4, 0.5) is 5.69 Å². The summed E-state index contributed by atoms with van der Waals surface area (Å²) in [7, 11) is 0. The van der Waals surface area contributed by atoms with Crippen molar-refractivity contribution in [1.29, 1.82) is 0 Å². The lowest BCUT2D eigenvalue weighted by Gasteiger charge is -2.43. The van der Waals surface area contributed by atoms with Crippen LogP contribution >= 0.6 is 23.2 Å². The van der Waals surface area contributed by atoms with Crippen molar-refractivity contribution in [3.8, 4) is 0 Å². The highest BCUT2D eigenvalue weighted by atomic mass is 35.5. The lowest BCUT2D eigenvalue weighted by Crippen LogP contribution is -2.56. The Morgan fingerprint density at radius 1 is 1.05 bits per heavy atom. The Kier molecular flexibility index (Phi) is 8.46. The van der Waals surface area contributed by atoms with Gasteiger partial charge in [-0.3, -0.25) is 14.5 Å². The highest BCUT2D eigenvalue weighted by Gasteiger charge is 2.52. The molecule has 1 fully saturated rings. The fourth-order valence-corrected chi connectivity index (χ4v) is 5.96. The number of nitrogens with zero attached hydrogens (tertiary/aromatic N) is 3. The standard InChI is InChI=1S/C30H38Cl2N4O2/c1-21(2)34-13-15-35(16-14-34)27(37)11-12-36(20-29(3,4)5)30(19-22-7-6-8-23(31)17-22)25-10-9-24(32)18-26(25)33-28(30)38/h6-10,17-18H,1,11-16,19-20H2,2-5H3,(H,33,38). The second kappa shape index (κ2) is 11.3. The molecule has 2 aromatic rings. The lowest BCUT2D eigenvalue weighted by molar-refractivity contribution is -0.136. The summed E-state index contributed by atoms with van der Waals surface area (Å²) in [6.45, 7) is 16.5. The van der Waals surface area contributed by atoms with Crippen LogP contribution in [0.25, 0.3) is 0 Å². The number of carbonyl (C=O) groups excluding carboxylic acids is 2. The first-order chi connectivity index (χ1) is 17.9. The van der Waals surface area contributed by atoms with Crippen LogP contribution in [0.2, 0.25) is 10.0 Å². The van der Waals surface area contributed by atoms with E-state index >= 15 is 0 Å². The number of halogens is 2. The first-order valence-electron chi connectivity index (χ1n) is 13.2. The van der Waals surface area contributed by atoms with Gasteiger partial charge in [-0.2, -0.15) is 0 Å². The molecule has 0 aromatic heterocycles. The van der Waals surface area contributed by atoms with Gasteiger partial charge >= 0.3 is 0 Å². The maximum Gasteiger partial charge on any atom is 0.249 e. The van der Waals surface area contributed by atoms with Gasteiger partial charge in [0.2, 0.25) is 11.8 Å². The van der Waals surface area contributed by atoms with E-state index in [2.05, 4.69) is 42.5 Å². The zero-order valence-corrected chi connectivity index (χ0v) is 24.3. The molecule has 2 heterocycles. The van der Waals surface area contributed by atoms with Gasteiger partial charge in [0.1, 0.15) is 5.54 Å². The predicted octanol–water partition coefficient (Wildman–Crippen LogP) is 5.80. The van der Waals surface area contributed by atoms with E-state index in [1.165, 1.54) is 0 Å². The van der Waals surface area contributed by atoms with Crippen molar-refractivity contribution in [2.24, 2.45) is 5.41 Å². The first-order valence-corrected chi connectivity index (χ1v) is 13.9. The molecule has 8 heteroatoms. The van der Waals surface area contributed by atoms with Gasteiger partial charge in [0.15, 0.2) is 0 Å². The molecule has 1 saturated heterocycles. The van der Waals surface area contributed by atoms with Crippen LogP contribution in [-0.2, 0) is 21.5 Å². The van der Waals surface area contributed by atoms with Crippen LogP contribution in [0.3, 0.4) is 0 Å². The number of carbonyl (C=O) groups is 2. The third-order valence-electron chi connectivity index (χ3n) is 7.37. The second-order valence-corrected chi connectivity index (χ2v) is 12.5. The summed E-state index contributed by atoms with van der Waals surface area (Å²) >= 11 is 12.7. The molecule has 2 aromatic carbocycles. The molecule has 1 N–H and O–H groups in total. The van der Waals surface area contributed by atoms with Crippen molar-refractivity contribution in [2.45, 2.75) is 46.1 Å². The monoisotopic (exact) mass is 556 g/mol. The number of anilines is 1. The number of hydrogen-bond acceptors (Lipinski definition) is 4. The number of nitrogens with one attached hydrogen (secondary N) is 1. The minimum atomic E-state index is -1.00. The molecule has 6 nitrogen and oxygen atoms in total. The summed E-state index contributed by atoms with van der Waals surface area (Å²) in [5, 5.41) is 4.28. The highest BCUT2D eigenvalue weighted by Crippen LogP contribution is 2.45. The molecule has 1 unspecified atom stereocenters. The Bertz CT molecular complexity index is 1220. The van der Waals surface area contributed by atoms with Crippen molar-refractivity contribution < 1.29 is 9.59 Å². The Morgan fingerprint density at radius 3 is 2.34 bits per heavy atom. The molecule has 4 rings (SSSR count). The Labute approximate surface area is 236 Å².